The molecule has 1 unspecified atom stereocenters. The van der Waals surface area contributed by atoms with E-state index in [1.807, 2.05) is 19.2 Å². The zero-order chi connectivity index (χ0) is 21.3. The van der Waals surface area contributed by atoms with Gasteiger partial charge in [0.1, 0.15) is 5.75 Å². The number of rotatable bonds is 6. The van der Waals surface area contributed by atoms with Gasteiger partial charge in [0.05, 0.1) is 12.8 Å². The van der Waals surface area contributed by atoms with Crippen molar-refractivity contribution in [2.24, 2.45) is 0 Å². The average Bonchev–Trinajstić information content (AvgIpc) is 3.23. The van der Waals surface area contributed by atoms with Crippen LogP contribution in [0.2, 0.25) is 0 Å². The summed E-state index contributed by atoms with van der Waals surface area (Å²) in [5.74, 6) is 1.08. The lowest BCUT2D eigenvalue weighted by Crippen LogP contribution is -2.32. The molecule has 0 fully saturated rings. The highest BCUT2D eigenvalue weighted by atomic mass is 32.1. The molecule has 1 atom stereocenters. The fourth-order valence-electron chi connectivity index (χ4n) is 4.12. The summed E-state index contributed by atoms with van der Waals surface area (Å²) in [5, 5.41) is 0. The summed E-state index contributed by atoms with van der Waals surface area (Å²) >= 11 is 1.79. The summed E-state index contributed by atoms with van der Waals surface area (Å²) in [7, 11) is 3.55. The minimum absolute atomic E-state index is 0.0864. The fourth-order valence-corrected chi connectivity index (χ4v) is 5.44. The molecular formula is C25H28N2O2S. The van der Waals surface area contributed by atoms with Gasteiger partial charge in [-0.15, -0.1) is 11.3 Å². The second-order valence-electron chi connectivity index (χ2n) is 7.56. The zero-order valence-electron chi connectivity index (χ0n) is 18.0. The quantitative estimate of drug-likeness (QED) is 0.508. The van der Waals surface area contributed by atoms with Gasteiger partial charge in [-0.05, 0) is 55.3 Å². The molecular weight excluding hydrogens is 392 g/mol. The first-order valence-corrected chi connectivity index (χ1v) is 11.3. The lowest BCUT2D eigenvalue weighted by atomic mass is 9.90. The van der Waals surface area contributed by atoms with Crippen molar-refractivity contribution >= 4 is 28.6 Å². The van der Waals surface area contributed by atoms with Crippen molar-refractivity contribution in [2.75, 3.05) is 37.0 Å². The zero-order valence-corrected chi connectivity index (χ0v) is 18.8. The molecule has 2 heterocycles. The highest BCUT2D eigenvalue weighted by Crippen LogP contribution is 2.47. The summed E-state index contributed by atoms with van der Waals surface area (Å²) in [6, 6.07) is 19.0. The minimum atomic E-state index is 0.0864. The predicted octanol–water partition coefficient (Wildman–Crippen LogP) is 5.77. The molecule has 1 amide bonds. The Morgan fingerprint density at radius 2 is 1.73 bits per heavy atom. The Kier molecular flexibility index (Phi) is 5.82. The fraction of sp³-hybridized carbons (Fsp3) is 0.320. The van der Waals surface area contributed by atoms with E-state index in [0.717, 1.165) is 30.1 Å². The molecule has 0 saturated carbocycles. The Bertz CT molecular complexity index is 1020. The Balaban J connectivity index is 1.70. The normalized spacial score (nSPS) is 15.8. The maximum Gasteiger partial charge on any atom is 0.227 e. The van der Waals surface area contributed by atoms with Gasteiger partial charge in [-0.2, -0.15) is 0 Å². The highest BCUT2D eigenvalue weighted by Gasteiger charge is 2.32. The number of amides is 1. The molecule has 1 aliphatic heterocycles. The molecule has 4 rings (SSSR count). The number of hydrogen-bond acceptors (Lipinski definition) is 4. The van der Waals surface area contributed by atoms with Crippen LogP contribution in [0.1, 0.15) is 36.6 Å². The van der Waals surface area contributed by atoms with Crippen molar-refractivity contribution in [1.29, 1.82) is 0 Å². The van der Waals surface area contributed by atoms with Crippen LogP contribution < -0.4 is 14.5 Å². The van der Waals surface area contributed by atoms with Gasteiger partial charge >= 0.3 is 0 Å². The number of benzene rings is 2. The number of carbonyl (C=O) groups excluding carboxylic acids is 1. The number of ether oxygens (including phenoxy) is 1. The molecule has 5 heteroatoms. The Hall–Kier alpha value is -2.79. The molecule has 1 aliphatic rings. The molecule has 0 bridgehead atoms. The molecule has 30 heavy (non-hydrogen) atoms. The summed E-state index contributed by atoms with van der Waals surface area (Å²) in [6.07, 6.45) is 0.497. The van der Waals surface area contributed by atoms with Crippen molar-refractivity contribution in [3.8, 4) is 16.2 Å². The van der Waals surface area contributed by atoms with E-state index in [2.05, 4.69) is 61.2 Å². The summed E-state index contributed by atoms with van der Waals surface area (Å²) < 4.78 is 5.29. The van der Waals surface area contributed by atoms with Crippen LogP contribution in [0.5, 0.6) is 5.75 Å². The van der Waals surface area contributed by atoms with Crippen LogP contribution in [0.3, 0.4) is 0 Å². The third-order valence-electron chi connectivity index (χ3n) is 5.97. The van der Waals surface area contributed by atoms with Crippen molar-refractivity contribution in [3.05, 3.63) is 65.0 Å². The van der Waals surface area contributed by atoms with E-state index in [1.54, 1.807) is 23.3 Å². The van der Waals surface area contributed by atoms with Crippen LogP contribution in [-0.2, 0) is 4.79 Å². The third-order valence-corrected chi connectivity index (χ3v) is 7.26. The third kappa shape index (κ3) is 3.70. The van der Waals surface area contributed by atoms with E-state index in [4.69, 9.17) is 4.74 Å². The molecule has 0 spiro atoms. The van der Waals surface area contributed by atoms with Crippen molar-refractivity contribution in [3.63, 3.8) is 0 Å². The van der Waals surface area contributed by atoms with E-state index in [0.29, 0.717) is 6.42 Å². The van der Waals surface area contributed by atoms with Crippen LogP contribution in [0.25, 0.3) is 10.4 Å². The second-order valence-corrected chi connectivity index (χ2v) is 8.65. The Morgan fingerprint density at radius 1 is 1.07 bits per heavy atom. The monoisotopic (exact) mass is 420 g/mol. The van der Waals surface area contributed by atoms with E-state index in [9.17, 15) is 4.79 Å². The first kappa shape index (κ1) is 20.5. The van der Waals surface area contributed by atoms with Gasteiger partial charge in [0.2, 0.25) is 5.91 Å². The lowest BCUT2D eigenvalue weighted by molar-refractivity contribution is -0.118. The number of fused-ring (bicyclic) bond motifs is 1. The second kappa shape index (κ2) is 8.52. The smallest absolute Gasteiger partial charge is 0.227 e. The SMILES string of the molecule is CCN(CC)c1ccc(-c2cc3c(s2)C(c2ccc(OC)cc2)CC(=O)N3C)cc1. The van der Waals surface area contributed by atoms with Crippen LogP contribution >= 0.6 is 11.3 Å². The molecule has 3 aromatic rings. The Morgan fingerprint density at radius 3 is 2.33 bits per heavy atom. The minimum Gasteiger partial charge on any atom is -0.497 e. The maximum absolute atomic E-state index is 12.7. The number of anilines is 2. The van der Waals surface area contributed by atoms with E-state index < -0.39 is 0 Å². The van der Waals surface area contributed by atoms with E-state index >= 15 is 0 Å². The number of hydrogen-bond donors (Lipinski definition) is 0. The standard InChI is InChI=1S/C25H28N2O2S/c1-5-27(6-2)19-11-7-18(8-12-19)23-16-22-25(30-23)21(15-24(28)26(22)3)17-9-13-20(29-4)14-10-17/h7-14,16,21H,5-6,15H2,1-4H3. The number of nitrogens with zero attached hydrogens (tertiary/aromatic N) is 2. The van der Waals surface area contributed by atoms with Crippen LogP contribution in [0.15, 0.2) is 54.6 Å². The van der Waals surface area contributed by atoms with Crippen LogP contribution in [-0.4, -0.2) is 33.2 Å². The van der Waals surface area contributed by atoms with E-state index in [-0.39, 0.29) is 11.8 Å². The van der Waals surface area contributed by atoms with Crippen molar-refractivity contribution in [1.82, 2.24) is 0 Å². The largest absolute Gasteiger partial charge is 0.497 e. The highest BCUT2D eigenvalue weighted by molar-refractivity contribution is 7.16. The lowest BCUT2D eigenvalue weighted by Gasteiger charge is -2.29. The average molecular weight is 421 g/mol. The van der Waals surface area contributed by atoms with Gasteiger partial charge in [-0.1, -0.05) is 24.3 Å². The number of methoxy groups -OCH3 is 1. The molecule has 1 aromatic heterocycles. The molecule has 0 saturated heterocycles. The topological polar surface area (TPSA) is 32.8 Å². The van der Waals surface area contributed by atoms with Gasteiger partial charge in [0.15, 0.2) is 0 Å². The predicted molar refractivity (Wildman–Crippen MR) is 126 cm³/mol. The molecule has 4 nitrogen and oxygen atoms in total. The van der Waals surface area contributed by atoms with E-state index in [1.165, 1.54) is 21.0 Å². The van der Waals surface area contributed by atoms with Crippen molar-refractivity contribution in [2.45, 2.75) is 26.2 Å². The maximum atomic E-state index is 12.7. The first-order valence-electron chi connectivity index (χ1n) is 10.4. The first-order chi connectivity index (χ1) is 14.5. The van der Waals surface area contributed by atoms with Gasteiger partial charge in [-0.3, -0.25) is 4.79 Å². The molecule has 156 valence electrons. The Labute approximate surface area is 182 Å². The molecule has 2 aromatic carbocycles. The van der Waals surface area contributed by atoms with Gasteiger partial charge in [0, 0.05) is 47.9 Å². The summed E-state index contributed by atoms with van der Waals surface area (Å²) in [6.45, 7) is 6.35. The van der Waals surface area contributed by atoms with Crippen molar-refractivity contribution < 1.29 is 9.53 Å². The molecule has 0 N–H and O–H groups in total. The van der Waals surface area contributed by atoms with Gasteiger partial charge < -0.3 is 14.5 Å². The van der Waals surface area contributed by atoms with Gasteiger partial charge in [-0.25, -0.2) is 0 Å². The summed E-state index contributed by atoms with van der Waals surface area (Å²) in [5.41, 5.74) is 4.62. The number of thiophene rings is 1. The summed E-state index contributed by atoms with van der Waals surface area (Å²) in [4.78, 5) is 19.3. The molecule has 0 radical (unpaired) electrons. The molecule has 0 aliphatic carbocycles. The van der Waals surface area contributed by atoms with Crippen LogP contribution in [0.4, 0.5) is 11.4 Å². The van der Waals surface area contributed by atoms with Gasteiger partial charge in [0.25, 0.3) is 0 Å². The van der Waals surface area contributed by atoms with Crippen LogP contribution in [0, 0.1) is 0 Å². The number of carbonyl (C=O) groups is 1.